The summed E-state index contributed by atoms with van der Waals surface area (Å²) in [6.45, 7) is 6.91. The summed E-state index contributed by atoms with van der Waals surface area (Å²) in [6, 6.07) is -0.0375. The lowest BCUT2D eigenvalue weighted by Gasteiger charge is -2.37. The van der Waals surface area contributed by atoms with Crippen LogP contribution in [0.15, 0.2) is 0 Å². The molecular formula is C16H31NO2. The number of hydrogen-bond acceptors (Lipinski definition) is 3. The zero-order valence-electron chi connectivity index (χ0n) is 12.9. The van der Waals surface area contributed by atoms with Gasteiger partial charge in [-0.05, 0) is 32.1 Å². The Labute approximate surface area is 118 Å². The molecule has 3 nitrogen and oxygen atoms in total. The predicted molar refractivity (Wildman–Crippen MR) is 78.8 cm³/mol. The predicted octanol–water partition coefficient (Wildman–Crippen LogP) is 3.65. The molecule has 19 heavy (non-hydrogen) atoms. The first-order valence-electron chi connectivity index (χ1n) is 7.97. The Kier molecular flexibility index (Phi) is 6.84. The molecule has 1 fully saturated rings. The number of rotatable bonds is 7. The van der Waals surface area contributed by atoms with Crippen LogP contribution in [0.5, 0.6) is 0 Å². The summed E-state index contributed by atoms with van der Waals surface area (Å²) in [7, 11) is 0. The van der Waals surface area contributed by atoms with Crippen molar-refractivity contribution in [2.24, 2.45) is 17.1 Å². The van der Waals surface area contributed by atoms with Crippen LogP contribution >= 0.6 is 0 Å². The number of ether oxygens (including phenoxy) is 1. The Morgan fingerprint density at radius 1 is 1.42 bits per heavy atom. The Bertz CT molecular complexity index is 280. The van der Waals surface area contributed by atoms with Crippen LogP contribution in [-0.4, -0.2) is 18.6 Å². The zero-order chi connectivity index (χ0) is 14.3. The lowest BCUT2D eigenvalue weighted by Crippen LogP contribution is -2.48. The number of esters is 1. The van der Waals surface area contributed by atoms with Gasteiger partial charge < -0.3 is 10.5 Å². The third-order valence-electron chi connectivity index (χ3n) is 4.74. The molecule has 0 aliphatic heterocycles. The van der Waals surface area contributed by atoms with Gasteiger partial charge in [-0.1, -0.05) is 46.0 Å². The van der Waals surface area contributed by atoms with Crippen molar-refractivity contribution < 1.29 is 9.53 Å². The maximum absolute atomic E-state index is 12.3. The highest BCUT2D eigenvalue weighted by atomic mass is 16.5. The van der Waals surface area contributed by atoms with Gasteiger partial charge in [-0.3, -0.25) is 4.79 Å². The molecule has 2 N–H and O–H groups in total. The van der Waals surface area contributed by atoms with Gasteiger partial charge in [0.25, 0.3) is 0 Å². The third-order valence-corrected chi connectivity index (χ3v) is 4.74. The van der Waals surface area contributed by atoms with Gasteiger partial charge in [-0.25, -0.2) is 0 Å². The van der Waals surface area contributed by atoms with Gasteiger partial charge in [-0.15, -0.1) is 0 Å². The molecule has 3 unspecified atom stereocenters. The van der Waals surface area contributed by atoms with Gasteiger partial charge in [0.15, 0.2) is 0 Å². The van der Waals surface area contributed by atoms with Crippen molar-refractivity contribution in [2.45, 2.75) is 78.2 Å². The van der Waals surface area contributed by atoms with E-state index in [1.165, 1.54) is 12.8 Å². The number of nitrogens with two attached hydrogens (primary N) is 1. The Balaban J connectivity index is 2.44. The van der Waals surface area contributed by atoms with E-state index in [2.05, 4.69) is 13.8 Å². The molecule has 0 amide bonds. The molecule has 0 heterocycles. The summed E-state index contributed by atoms with van der Waals surface area (Å²) in [5, 5.41) is 0. The number of carbonyl (C=O) groups excluding carboxylic acids is 1. The summed E-state index contributed by atoms with van der Waals surface area (Å²) in [5.74, 6) is 0.432. The van der Waals surface area contributed by atoms with Crippen molar-refractivity contribution in [3.05, 3.63) is 0 Å². The van der Waals surface area contributed by atoms with Crippen molar-refractivity contribution >= 4 is 5.97 Å². The second kappa shape index (κ2) is 7.88. The van der Waals surface area contributed by atoms with Crippen molar-refractivity contribution in [3.63, 3.8) is 0 Å². The fourth-order valence-corrected chi connectivity index (χ4v) is 2.87. The van der Waals surface area contributed by atoms with Gasteiger partial charge >= 0.3 is 5.97 Å². The monoisotopic (exact) mass is 269 g/mol. The summed E-state index contributed by atoms with van der Waals surface area (Å²) in [5.41, 5.74) is 5.68. The average Bonchev–Trinajstić information content (AvgIpc) is 2.42. The maximum Gasteiger partial charge on any atom is 0.313 e. The first kappa shape index (κ1) is 16.5. The largest absolute Gasteiger partial charge is 0.465 e. The molecule has 1 aliphatic rings. The smallest absolute Gasteiger partial charge is 0.313 e. The number of unbranched alkanes of at least 4 members (excludes halogenated alkanes) is 1. The highest BCUT2D eigenvalue weighted by Gasteiger charge is 2.42. The second-order valence-electron chi connectivity index (χ2n) is 6.28. The molecule has 3 atom stereocenters. The molecule has 0 saturated heterocycles. The minimum absolute atomic E-state index is 0.0375. The molecule has 0 radical (unpaired) electrons. The molecule has 0 spiro atoms. The van der Waals surface area contributed by atoms with Crippen LogP contribution in [-0.2, 0) is 9.53 Å². The van der Waals surface area contributed by atoms with E-state index in [0.717, 1.165) is 38.5 Å². The van der Waals surface area contributed by atoms with Crippen LogP contribution in [0.25, 0.3) is 0 Å². The van der Waals surface area contributed by atoms with Gasteiger partial charge in [0.05, 0.1) is 12.0 Å². The highest BCUT2D eigenvalue weighted by Crippen LogP contribution is 2.36. The van der Waals surface area contributed by atoms with E-state index in [1.54, 1.807) is 0 Å². The van der Waals surface area contributed by atoms with Crippen molar-refractivity contribution in [1.82, 2.24) is 0 Å². The van der Waals surface area contributed by atoms with Gasteiger partial charge in [0.1, 0.15) is 0 Å². The van der Waals surface area contributed by atoms with Crippen molar-refractivity contribution in [3.8, 4) is 0 Å². The van der Waals surface area contributed by atoms with E-state index >= 15 is 0 Å². The molecule has 1 aliphatic carbocycles. The van der Waals surface area contributed by atoms with E-state index in [-0.39, 0.29) is 12.0 Å². The fraction of sp³-hybridized carbons (Fsp3) is 0.938. The highest BCUT2D eigenvalue weighted by molar-refractivity contribution is 5.77. The van der Waals surface area contributed by atoms with E-state index in [9.17, 15) is 4.79 Å². The molecule has 0 aromatic heterocycles. The normalized spacial score (nSPS) is 28.9. The maximum atomic E-state index is 12.3. The summed E-state index contributed by atoms with van der Waals surface area (Å²) in [4.78, 5) is 12.3. The minimum atomic E-state index is -0.457. The van der Waals surface area contributed by atoms with Crippen LogP contribution in [0.1, 0.15) is 72.1 Å². The average molecular weight is 269 g/mol. The van der Waals surface area contributed by atoms with Crippen molar-refractivity contribution in [1.29, 1.82) is 0 Å². The van der Waals surface area contributed by atoms with Gasteiger partial charge in [0.2, 0.25) is 0 Å². The Morgan fingerprint density at radius 3 is 2.74 bits per heavy atom. The summed E-state index contributed by atoms with van der Waals surface area (Å²) in [6.07, 6.45) is 8.70. The quantitative estimate of drug-likeness (QED) is 0.718. The standard InChI is InChI=1S/C16H31NO2/c1-4-6-9-13(5-2)12-19-15(18)16(3)11-8-7-10-14(16)17/h13-14H,4-12,17H2,1-3H3. The molecule has 112 valence electrons. The second-order valence-corrected chi connectivity index (χ2v) is 6.28. The van der Waals surface area contributed by atoms with Crippen molar-refractivity contribution in [2.75, 3.05) is 6.61 Å². The van der Waals surface area contributed by atoms with Crippen LogP contribution in [0, 0.1) is 11.3 Å². The molecular weight excluding hydrogens is 238 g/mol. The van der Waals surface area contributed by atoms with Crippen LogP contribution < -0.4 is 5.73 Å². The van der Waals surface area contributed by atoms with Crippen LogP contribution in [0.4, 0.5) is 0 Å². The van der Waals surface area contributed by atoms with E-state index in [1.807, 2.05) is 6.92 Å². The van der Waals surface area contributed by atoms with Gasteiger partial charge in [0, 0.05) is 6.04 Å². The molecule has 0 bridgehead atoms. The first-order valence-corrected chi connectivity index (χ1v) is 7.97. The van der Waals surface area contributed by atoms with Crippen LogP contribution in [0.3, 0.4) is 0 Å². The van der Waals surface area contributed by atoms with E-state index in [4.69, 9.17) is 10.5 Å². The lowest BCUT2D eigenvalue weighted by atomic mass is 9.72. The zero-order valence-corrected chi connectivity index (χ0v) is 12.9. The first-order chi connectivity index (χ1) is 9.04. The fourth-order valence-electron chi connectivity index (χ4n) is 2.87. The SMILES string of the molecule is CCCCC(CC)COC(=O)C1(C)CCCCC1N. The molecule has 1 saturated carbocycles. The molecule has 0 aromatic carbocycles. The Hall–Kier alpha value is -0.570. The molecule has 1 rings (SSSR count). The molecule has 3 heteroatoms. The lowest BCUT2D eigenvalue weighted by molar-refractivity contribution is -0.159. The number of carbonyl (C=O) groups is 1. The Morgan fingerprint density at radius 2 is 2.16 bits per heavy atom. The minimum Gasteiger partial charge on any atom is -0.465 e. The van der Waals surface area contributed by atoms with Gasteiger partial charge in [-0.2, -0.15) is 0 Å². The molecule has 0 aromatic rings. The topological polar surface area (TPSA) is 52.3 Å². The van der Waals surface area contributed by atoms with Crippen LogP contribution in [0.2, 0.25) is 0 Å². The number of hydrogen-bond donors (Lipinski definition) is 1. The van der Waals surface area contributed by atoms with E-state index in [0.29, 0.717) is 12.5 Å². The summed E-state index contributed by atoms with van der Waals surface area (Å²) < 4.78 is 5.59. The summed E-state index contributed by atoms with van der Waals surface area (Å²) >= 11 is 0. The van der Waals surface area contributed by atoms with E-state index < -0.39 is 5.41 Å². The third kappa shape index (κ3) is 4.48.